The number of hydrogen-bond acceptors (Lipinski definition) is 4. The fourth-order valence-corrected chi connectivity index (χ4v) is 3.60. The second kappa shape index (κ2) is 8.12. The molecule has 1 heterocycles. The van der Waals surface area contributed by atoms with Gasteiger partial charge >= 0.3 is 6.03 Å². The van der Waals surface area contributed by atoms with Gasteiger partial charge in [-0.1, -0.05) is 45.9 Å². The first-order valence-corrected chi connectivity index (χ1v) is 10.5. The van der Waals surface area contributed by atoms with Crippen molar-refractivity contribution in [1.82, 2.24) is 14.5 Å². The highest BCUT2D eigenvalue weighted by Crippen LogP contribution is 2.32. The number of amides is 2. The van der Waals surface area contributed by atoms with E-state index in [1.807, 2.05) is 59.7 Å². The molecule has 0 spiro atoms. The smallest absolute Gasteiger partial charge is 0.307 e. The molecule has 0 aliphatic rings. The zero-order valence-corrected chi connectivity index (χ0v) is 17.5. The Hall–Kier alpha value is -2.35. The minimum atomic E-state index is -4.00. The minimum absolute atomic E-state index is 0.0225. The summed E-state index contributed by atoms with van der Waals surface area (Å²) in [6.45, 7) is 11.9. The van der Waals surface area contributed by atoms with Crippen LogP contribution in [0, 0.1) is 0 Å². The van der Waals surface area contributed by atoms with Crippen LogP contribution in [0.4, 0.5) is 10.5 Å². The molecule has 2 aromatic rings. The first-order chi connectivity index (χ1) is 12.5. The number of carbonyl (C=O) groups is 1. The van der Waals surface area contributed by atoms with E-state index in [-0.39, 0.29) is 22.8 Å². The lowest BCUT2D eigenvalue weighted by molar-refractivity contribution is 0.256. The molecule has 1 aromatic heterocycles. The van der Waals surface area contributed by atoms with E-state index >= 15 is 0 Å². The fraction of sp³-hybridized carbons (Fsp3) is 0.474. The number of hydrogen-bond donors (Lipinski definition) is 2. The molecular formula is C19H28N4O3S. The molecule has 0 radical (unpaired) electrons. The molecule has 0 aliphatic carbocycles. The molecule has 0 atom stereocenters. The predicted octanol–water partition coefficient (Wildman–Crippen LogP) is 4.22. The maximum Gasteiger partial charge on any atom is 0.333 e. The number of aromatic nitrogens is 2. The summed E-state index contributed by atoms with van der Waals surface area (Å²) in [5, 5.41) is 6.75. The summed E-state index contributed by atoms with van der Waals surface area (Å²) in [5.41, 5.74) is 2.58. The Kier molecular flexibility index (Phi) is 6.30. The molecule has 0 bridgehead atoms. The molecule has 0 unspecified atom stereocenters. The lowest BCUT2D eigenvalue weighted by atomic mass is 9.93. The lowest BCUT2D eigenvalue weighted by Gasteiger charge is -2.20. The van der Waals surface area contributed by atoms with Gasteiger partial charge in [0.05, 0.1) is 6.20 Å². The van der Waals surface area contributed by atoms with Crippen molar-refractivity contribution in [3.8, 4) is 0 Å². The van der Waals surface area contributed by atoms with Crippen molar-refractivity contribution in [3.05, 3.63) is 41.7 Å². The van der Waals surface area contributed by atoms with Crippen molar-refractivity contribution in [2.75, 3.05) is 5.32 Å². The van der Waals surface area contributed by atoms with E-state index in [4.69, 9.17) is 0 Å². The second-order valence-corrected chi connectivity index (χ2v) is 9.11. The summed E-state index contributed by atoms with van der Waals surface area (Å²) in [6, 6.07) is 5.06. The van der Waals surface area contributed by atoms with Crippen molar-refractivity contribution < 1.29 is 13.2 Å². The Labute approximate surface area is 161 Å². The van der Waals surface area contributed by atoms with Crippen LogP contribution < -0.4 is 10.0 Å². The van der Waals surface area contributed by atoms with Gasteiger partial charge < -0.3 is 5.32 Å². The average Bonchev–Trinajstić information content (AvgIpc) is 3.05. The third-order valence-electron chi connectivity index (χ3n) is 4.26. The molecule has 0 saturated carbocycles. The molecule has 2 amide bonds. The Morgan fingerprint density at radius 3 is 2.04 bits per heavy atom. The Morgan fingerprint density at radius 1 is 1.04 bits per heavy atom. The van der Waals surface area contributed by atoms with E-state index in [0.717, 1.165) is 11.1 Å². The molecule has 27 heavy (non-hydrogen) atoms. The second-order valence-electron chi connectivity index (χ2n) is 7.43. The fourth-order valence-electron chi connectivity index (χ4n) is 2.76. The van der Waals surface area contributed by atoms with Gasteiger partial charge in [0.15, 0.2) is 0 Å². The Morgan fingerprint density at radius 2 is 1.59 bits per heavy atom. The molecular weight excluding hydrogens is 364 g/mol. The summed E-state index contributed by atoms with van der Waals surface area (Å²) < 4.78 is 28.6. The quantitative estimate of drug-likeness (QED) is 0.770. The molecule has 2 rings (SSSR count). The standard InChI is InChI=1S/C19H28N4O3S/c1-12(2)16-8-7-9-17(13(3)4)18(16)21-19(24)22-27(25,26)15-10-20-23(11-15)14(5)6/h7-14H,1-6H3,(H2,21,22,24). The maximum atomic E-state index is 12.5. The van der Waals surface area contributed by atoms with Gasteiger partial charge in [0, 0.05) is 17.9 Å². The summed E-state index contributed by atoms with van der Waals surface area (Å²) in [7, 11) is -4.00. The largest absolute Gasteiger partial charge is 0.333 e. The van der Waals surface area contributed by atoms with Gasteiger partial charge in [0.2, 0.25) is 0 Å². The highest BCUT2D eigenvalue weighted by Gasteiger charge is 2.22. The van der Waals surface area contributed by atoms with Crippen molar-refractivity contribution in [2.24, 2.45) is 0 Å². The summed E-state index contributed by atoms with van der Waals surface area (Å²) in [4.78, 5) is 12.4. The third kappa shape index (κ3) is 4.88. The average molecular weight is 393 g/mol. The van der Waals surface area contributed by atoms with Crippen molar-refractivity contribution in [3.63, 3.8) is 0 Å². The van der Waals surface area contributed by atoms with Crippen LogP contribution >= 0.6 is 0 Å². The van der Waals surface area contributed by atoms with Gasteiger partial charge in [-0.2, -0.15) is 5.10 Å². The van der Waals surface area contributed by atoms with Crippen LogP contribution in [-0.4, -0.2) is 24.2 Å². The topological polar surface area (TPSA) is 93.1 Å². The molecule has 7 nitrogen and oxygen atoms in total. The highest BCUT2D eigenvalue weighted by molar-refractivity contribution is 7.90. The summed E-state index contributed by atoms with van der Waals surface area (Å²) in [6.07, 6.45) is 2.64. The Bertz CT molecular complexity index is 889. The number of benzene rings is 1. The molecule has 0 saturated heterocycles. The summed E-state index contributed by atoms with van der Waals surface area (Å²) in [5.74, 6) is 0.361. The van der Waals surface area contributed by atoms with Crippen LogP contribution in [0.1, 0.15) is 70.5 Å². The maximum absolute atomic E-state index is 12.5. The monoisotopic (exact) mass is 392 g/mol. The predicted molar refractivity (Wildman–Crippen MR) is 107 cm³/mol. The van der Waals surface area contributed by atoms with E-state index in [1.165, 1.54) is 17.1 Å². The lowest BCUT2D eigenvalue weighted by Crippen LogP contribution is -2.34. The van der Waals surface area contributed by atoms with Gasteiger partial charge in [-0.05, 0) is 36.8 Å². The van der Waals surface area contributed by atoms with E-state index in [2.05, 4.69) is 15.1 Å². The number of anilines is 1. The normalized spacial score (nSPS) is 12.0. The number of sulfonamides is 1. The van der Waals surface area contributed by atoms with E-state index in [0.29, 0.717) is 5.69 Å². The van der Waals surface area contributed by atoms with Crippen LogP contribution in [0.25, 0.3) is 0 Å². The number of carbonyl (C=O) groups excluding carboxylic acids is 1. The number of rotatable bonds is 6. The number of nitrogens with one attached hydrogen (secondary N) is 2. The molecule has 2 N–H and O–H groups in total. The summed E-state index contributed by atoms with van der Waals surface area (Å²) >= 11 is 0. The highest BCUT2D eigenvalue weighted by atomic mass is 32.2. The van der Waals surface area contributed by atoms with Crippen LogP contribution in [0.15, 0.2) is 35.5 Å². The number of para-hydroxylation sites is 1. The van der Waals surface area contributed by atoms with Gasteiger partial charge in [-0.3, -0.25) is 4.68 Å². The SMILES string of the molecule is CC(C)c1cccc(C(C)C)c1NC(=O)NS(=O)(=O)c1cnn(C(C)C)c1. The van der Waals surface area contributed by atoms with E-state index in [1.54, 1.807) is 0 Å². The molecule has 0 aliphatic heterocycles. The first kappa shape index (κ1) is 21.0. The van der Waals surface area contributed by atoms with E-state index in [9.17, 15) is 13.2 Å². The minimum Gasteiger partial charge on any atom is -0.307 e. The molecule has 148 valence electrons. The Balaban J connectivity index is 2.27. The molecule has 0 fully saturated rings. The number of urea groups is 1. The first-order valence-electron chi connectivity index (χ1n) is 9.03. The molecule has 8 heteroatoms. The van der Waals surface area contributed by atoms with Crippen LogP contribution in [0.3, 0.4) is 0 Å². The van der Waals surface area contributed by atoms with Gasteiger partial charge in [-0.25, -0.2) is 17.9 Å². The zero-order chi connectivity index (χ0) is 20.4. The van der Waals surface area contributed by atoms with Crippen molar-refractivity contribution >= 4 is 21.7 Å². The molecule has 1 aromatic carbocycles. The van der Waals surface area contributed by atoms with Gasteiger partial charge in [0.1, 0.15) is 4.90 Å². The van der Waals surface area contributed by atoms with Crippen molar-refractivity contribution in [1.29, 1.82) is 0 Å². The third-order valence-corrected chi connectivity index (χ3v) is 5.54. The van der Waals surface area contributed by atoms with Crippen molar-refractivity contribution in [2.45, 2.75) is 64.3 Å². The van der Waals surface area contributed by atoms with Crippen LogP contribution in [0.2, 0.25) is 0 Å². The number of nitrogens with zero attached hydrogens (tertiary/aromatic N) is 2. The van der Waals surface area contributed by atoms with Crippen LogP contribution in [-0.2, 0) is 10.0 Å². The zero-order valence-electron chi connectivity index (χ0n) is 16.6. The van der Waals surface area contributed by atoms with Crippen LogP contribution in [0.5, 0.6) is 0 Å². The van der Waals surface area contributed by atoms with Gasteiger partial charge in [0.25, 0.3) is 10.0 Å². The van der Waals surface area contributed by atoms with Gasteiger partial charge in [-0.15, -0.1) is 0 Å². The van der Waals surface area contributed by atoms with E-state index < -0.39 is 16.1 Å².